The van der Waals surface area contributed by atoms with Crippen molar-refractivity contribution in [3.63, 3.8) is 0 Å². The molecule has 5 heteroatoms. The second kappa shape index (κ2) is 5.11. The first-order chi connectivity index (χ1) is 6.15. The number of piperidine rings is 1. The lowest BCUT2D eigenvalue weighted by Gasteiger charge is -2.28. The van der Waals surface area contributed by atoms with E-state index in [1.807, 2.05) is 0 Å². The molecule has 0 aromatic rings. The Morgan fingerprint density at radius 1 is 1.54 bits per heavy atom. The number of halogens is 1. The Kier molecular flexibility index (Phi) is 4.40. The molecule has 1 aliphatic rings. The first-order valence-electron chi connectivity index (χ1n) is 4.37. The molecule has 13 heavy (non-hydrogen) atoms. The van der Waals surface area contributed by atoms with Crippen LogP contribution in [0.1, 0.15) is 12.8 Å². The summed E-state index contributed by atoms with van der Waals surface area (Å²) >= 11 is 2.29. The summed E-state index contributed by atoms with van der Waals surface area (Å²) in [6.45, 7) is 1.99. The van der Waals surface area contributed by atoms with E-state index in [1.165, 1.54) is 12.2 Å². The van der Waals surface area contributed by atoms with Gasteiger partial charge in [-0.05, 0) is 12.8 Å². The third-order valence-electron chi connectivity index (χ3n) is 2.37. The van der Waals surface area contributed by atoms with E-state index in [2.05, 4.69) is 26.0 Å². The van der Waals surface area contributed by atoms with E-state index in [4.69, 9.17) is 4.84 Å². The van der Waals surface area contributed by atoms with Gasteiger partial charge in [0.1, 0.15) is 0 Å². The van der Waals surface area contributed by atoms with E-state index in [1.54, 1.807) is 7.05 Å². The van der Waals surface area contributed by atoms with Gasteiger partial charge in [-0.2, -0.15) is 0 Å². The van der Waals surface area contributed by atoms with E-state index in [0.717, 1.165) is 25.9 Å². The van der Waals surface area contributed by atoms with Crippen molar-refractivity contribution in [1.29, 1.82) is 0 Å². The van der Waals surface area contributed by atoms with Crippen LogP contribution in [0, 0.1) is 5.92 Å². The molecule has 0 spiro atoms. The van der Waals surface area contributed by atoms with Gasteiger partial charge in [-0.1, -0.05) is 0 Å². The van der Waals surface area contributed by atoms with Crippen LogP contribution in [0.2, 0.25) is 0 Å². The fourth-order valence-corrected chi connectivity index (χ4v) is 2.00. The third-order valence-corrected chi connectivity index (χ3v) is 3.34. The number of nitrogens with zero attached hydrogens (tertiary/aromatic N) is 2. The van der Waals surface area contributed by atoms with Crippen molar-refractivity contribution in [2.45, 2.75) is 12.8 Å². The summed E-state index contributed by atoms with van der Waals surface area (Å²) in [5.74, 6) is 0.253. The van der Waals surface area contributed by atoms with Crippen LogP contribution in [0.4, 0.5) is 0 Å². The molecular weight excluding hydrogens is 283 g/mol. The molecule has 1 rings (SSSR count). The number of hydroxylamine groups is 2. The first kappa shape index (κ1) is 11.2. The Labute approximate surface area is 92.7 Å². The lowest BCUT2D eigenvalue weighted by atomic mass is 9.97. The fourth-order valence-electron chi connectivity index (χ4n) is 1.44. The van der Waals surface area contributed by atoms with Gasteiger partial charge in [0.2, 0.25) is 5.91 Å². The lowest BCUT2D eigenvalue weighted by molar-refractivity contribution is -0.174. The molecule has 0 radical (unpaired) electrons. The molecule has 0 N–H and O–H groups in total. The van der Waals surface area contributed by atoms with Crippen LogP contribution < -0.4 is 0 Å². The van der Waals surface area contributed by atoms with Crippen LogP contribution in [0.15, 0.2) is 0 Å². The van der Waals surface area contributed by atoms with Crippen LogP contribution in [0.5, 0.6) is 0 Å². The zero-order valence-electron chi connectivity index (χ0n) is 7.99. The molecule has 0 unspecified atom stereocenters. The maximum absolute atomic E-state index is 11.6. The molecule has 0 atom stereocenters. The predicted octanol–water partition coefficient (Wildman–Crippen LogP) is 1.07. The smallest absolute Gasteiger partial charge is 0.249 e. The molecule has 0 aliphatic carbocycles. The highest BCUT2D eigenvalue weighted by molar-refractivity contribution is 14.1. The zero-order valence-corrected chi connectivity index (χ0v) is 10.2. The Bertz CT molecular complexity index is 181. The molecule has 76 valence electrons. The number of hydrogen-bond acceptors (Lipinski definition) is 3. The third kappa shape index (κ3) is 3.07. The summed E-state index contributed by atoms with van der Waals surface area (Å²) < 4.78 is 2.22. The van der Waals surface area contributed by atoms with Crippen molar-refractivity contribution < 1.29 is 9.63 Å². The van der Waals surface area contributed by atoms with Crippen molar-refractivity contribution in [2.75, 3.05) is 27.2 Å². The maximum atomic E-state index is 11.6. The minimum absolute atomic E-state index is 0.104. The molecule has 1 saturated heterocycles. The Morgan fingerprint density at radius 2 is 2.08 bits per heavy atom. The van der Waals surface area contributed by atoms with Crippen LogP contribution in [-0.2, 0) is 9.63 Å². The van der Waals surface area contributed by atoms with Gasteiger partial charge < -0.3 is 0 Å². The molecule has 1 heterocycles. The highest BCUT2D eigenvalue weighted by Crippen LogP contribution is 2.21. The summed E-state index contributed by atoms with van der Waals surface area (Å²) in [5.41, 5.74) is 0. The first-order valence-corrected chi connectivity index (χ1v) is 5.34. The van der Waals surface area contributed by atoms with E-state index in [-0.39, 0.29) is 11.8 Å². The van der Waals surface area contributed by atoms with E-state index >= 15 is 0 Å². The number of hydrogen-bond donors (Lipinski definition) is 0. The molecule has 0 saturated carbocycles. The van der Waals surface area contributed by atoms with E-state index < -0.39 is 0 Å². The predicted molar refractivity (Wildman–Crippen MR) is 58.1 cm³/mol. The van der Waals surface area contributed by atoms with Gasteiger partial charge in [0.25, 0.3) is 0 Å². The number of carbonyl (C=O) groups is 1. The lowest BCUT2D eigenvalue weighted by Crippen LogP contribution is -2.37. The van der Waals surface area contributed by atoms with Crippen molar-refractivity contribution in [3.8, 4) is 0 Å². The molecule has 1 fully saturated rings. The fraction of sp³-hybridized carbons (Fsp3) is 0.875. The monoisotopic (exact) mass is 298 g/mol. The summed E-state index contributed by atoms with van der Waals surface area (Å²) in [6.07, 6.45) is 1.88. The number of carbonyl (C=O) groups excluding carboxylic acids is 1. The van der Waals surface area contributed by atoms with Gasteiger partial charge in [0.05, 0.1) is 7.11 Å². The summed E-state index contributed by atoms with van der Waals surface area (Å²) in [6, 6.07) is 0. The Hall–Kier alpha value is 0.120. The highest BCUT2D eigenvalue weighted by atomic mass is 127. The van der Waals surface area contributed by atoms with Gasteiger partial charge in [-0.3, -0.25) is 9.63 Å². The minimum Gasteiger partial charge on any atom is -0.275 e. The largest absolute Gasteiger partial charge is 0.275 e. The summed E-state index contributed by atoms with van der Waals surface area (Å²) in [7, 11) is 3.18. The topological polar surface area (TPSA) is 32.8 Å². The second-order valence-corrected chi connectivity index (χ2v) is 4.57. The molecule has 4 nitrogen and oxygen atoms in total. The van der Waals surface area contributed by atoms with Crippen molar-refractivity contribution in [1.82, 2.24) is 8.18 Å². The maximum Gasteiger partial charge on any atom is 0.249 e. The molecular formula is C8H15IN2O2. The molecule has 0 bridgehead atoms. The van der Waals surface area contributed by atoms with Crippen LogP contribution >= 0.6 is 22.9 Å². The average molecular weight is 298 g/mol. The Balaban J connectivity index is 2.40. The van der Waals surface area contributed by atoms with Crippen molar-refractivity contribution in [3.05, 3.63) is 0 Å². The summed E-state index contributed by atoms with van der Waals surface area (Å²) in [4.78, 5) is 16.5. The van der Waals surface area contributed by atoms with Gasteiger partial charge in [-0.25, -0.2) is 8.18 Å². The van der Waals surface area contributed by atoms with Gasteiger partial charge in [0.15, 0.2) is 0 Å². The van der Waals surface area contributed by atoms with Crippen LogP contribution in [0.3, 0.4) is 0 Å². The zero-order chi connectivity index (χ0) is 9.84. The molecule has 0 aromatic heterocycles. The molecule has 1 aliphatic heterocycles. The van der Waals surface area contributed by atoms with Gasteiger partial charge in [-0.15, -0.1) is 0 Å². The average Bonchev–Trinajstić information content (AvgIpc) is 2.17. The van der Waals surface area contributed by atoms with Crippen LogP contribution in [0.25, 0.3) is 0 Å². The van der Waals surface area contributed by atoms with Gasteiger partial charge >= 0.3 is 0 Å². The highest BCUT2D eigenvalue weighted by Gasteiger charge is 2.26. The standard InChI is InChI=1S/C8H15IN2O2/c1-10(13-2)8(12)7-3-5-11(9)6-4-7/h7H,3-6H2,1-2H3. The van der Waals surface area contributed by atoms with Crippen LogP contribution in [-0.4, -0.2) is 41.3 Å². The van der Waals surface area contributed by atoms with E-state index in [0.29, 0.717) is 0 Å². The SMILES string of the molecule is CON(C)C(=O)C1CCN(I)CC1. The minimum atomic E-state index is 0.104. The van der Waals surface area contributed by atoms with Gasteiger partial charge in [0, 0.05) is 48.9 Å². The summed E-state index contributed by atoms with van der Waals surface area (Å²) in [5, 5.41) is 1.33. The number of amides is 1. The normalized spacial score (nSPS) is 20.2. The quantitative estimate of drug-likeness (QED) is 0.434. The number of rotatable bonds is 2. The molecule has 1 amide bonds. The molecule has 0 aromatic carbocycles. The van der Waals surface area contributed by atoms with E-state index in [9.17, 15) is 4.79 Å². The Morgan fingerprint density at radius 3 is 2.54 bits per heavy atom. The van der Waals surface area contributed by atoms with Crippen molar-refractivity contribution >= 4 is 28.8 Å². The second-order valence-electron chi connectivity index (χ2n) is 3.20. The van der Waals surface area contributed by atoms with Crippen molar-refractivity contribution in [2.24, 2.45) is 5.92 Å².